The van der Waals surface area contributed by atoms with Crippen LogP contribution in [0.3, 0.4) is 0 Å². The van der Waals surface area contributed by atoms with Crippen molar-refractivity contribution in [2.75, 3.05) is 0 Å². The Hall–Kier alpha value is -1.42. The number of rotatable bonds is 1. The van der Waals surface area contributed by atoms with Crippen molar-refractivity contribution < 1.29 is 9.90 Å². The second-order valence-corrected chi connectivity index (χ2v) is 3.20. The lowest BCUT2D eigenvalue weighted by Gasteiger charge is -1.93. The minimum Gasteiger partial charge on any atom is -0.478 e. The molecule has 1 heterocycles. The molecule has 0 aliphatic heterocycles. The molecule has 12 heavy (non-hydrogen) atoms. The molecule has 2 aromatic rings. The monoisotopic (exact) mass is 179 g/mol. The van der Waals surface area contributed by atoms with Gasteiger partial charge in [-0.2, -0.15) is 0 Å². The number of aromatic nitrogens is 1. The predicted octanol–water partition coefficient (Wildman–Crippen LogP) is 1.99. The first kappa shape index (κ1) is 7.24. The summed E-state index contributed by atoms with van der Waals surface area (Å²) in [6.07, 6.45) is 0. The fourth-order valence-electron chi connectivity index (χ4n) is 1.06. The molecule has 0 bridgehead atoms. The Morgan fingerprint density at radius 2 is 2.33 bits per heavy atom. The summed E-state index contributed by atoms with van der Waals surface area (Å²) in [6.45, 7) is 0. The van der Waals surface area contributed by atoms with Gasteiger partial charge >= 0.3 is 5.97 Å². The van der Waals surface area contributed by atoms with Gasteiger partial charge in [0.25, 0.3) is 0 Å². The van der Waals surface area contributed by atoms with Crippen LogP contribution in [-0.2, 0) is 0 Å². The van der Waals surface area contributed by atoms with E-state index in [1.807, 2.05) is 6.07 Å². The van der Waals surface area contributed by atoms with Crippen LogP contribution < -0.4 is 0 Å². The number of aromatic carboxylic acids is 1. The number of thiazole rings is 1. The SMILES string of the molecule is O=C(O)c1cccc2scnc12. The summed E-state index contributed by atoms with van der Waals surface area (Å²) in [5.74, 6) is -0.925. The minimum atomic E-state index is -0.925. The first-order chi connectivity index (χ1) is 5.79. The highest BCUT2D eigenvalue weighted by Crippen LogP contribution is 2.20. The van der Waals surface area contributed by atoms with Gasteiger partial charge in [0.2, 0.25) is 0 Å². The van der Waals surface area contributed by atoms with Crippen LogP contribution in [0.4, 0.5) is 0 Å². The van der Waals surface area contributed by atoms with E-state index < -0.39 is 5.97 Å². The molecule has 1 aromatic heterocycles. The first-order valence-corrected chi connectivity index (χ1v) is 4.22. The summed E-state index contributed by atoms with van der Waals surface area (Å²) in [7, 11) is 0. The maximum Gasteiger partial charge on any atom is 0.337 e. The molecule has 0 radical (unpaired) electrons. The third-order valence-electron chi connectivity index (χ3n) is 1.59. The molecule has 0 saturated carbocycles. The van der Waals surface area contributed by atoms with Crippen molar-refractivity contribution in [3.05, 3.63) is 29.3 Å². The predicted molar refractivity (Wildman–Crippen MR) is 46.6 cm³/mol. The molecule has 0 aliphatic rings. The fraction of sp³-hybridized carbons (Fsp3) is 0. The summed E-state index contributed by atoms with van der Waals surface area (Å²) in [6, 6.07) is 5.15. The number of para-hydroxylation sites is 1. The molecule has 0 atom stereocenters. The van der Waals surface area contributed by atoms with E-state index in [4.69, 9.17) is 5.11 Å². The number of nitrogens with zero attached hydrogens (tertiary/aromatic N) is 1. The number of carboxylic acid groups (broad SMARTS) is 1. The highest BCUT2D eigenvalue weighted by molar-refractivity contribution is 7.16. The molecule has 0 saturated heterocycles. The minimum absolute atomic E-state index is 0.272. The Labute approximate surface area is 72.3 Å². The van der Waals surface area contributed by atoms with E-state index >= 15 is 0 Å². The van der Waals surface area contributed by atoms with Gasteiger partial charge in [0.05, 0.1) is 21.3 Å². The van der Waals surface area contributed by atoms with Gasteiger partial charge in [0, 0.05) is 0 Å². The van der Waals surface area contributed by atoms with Crippen molar-refractivity contribution in [1.82, 2.24) is 4.98 Å². The van der Waals surface area contributed by atoms with Gasteiger partial charge in [-0.15, -0.1) is 11.3 Å². The Kier molecular flexibility index (Phi) is 1.55. The highest BCUT2D eigenvalue weighted by atomic mass is 32.1. The number of carboxylic acids is 1. The van der Waals surface area contributed by atoms with Gasteiger partial charge in [-0.3, -0.25) is 0 Å². The Bertz CT molecular complexity index is 435. The van der Waals surface area contributed by atoms with E-state index in [0.717, 1.165) is 4.70 Å². The van der Waals surface area contributed by atoms with Gasteiger partial charge in [0.1, 0.15) is 0 Å². The van der Waals surface area contributed by atoms with E-state index in [2.05, 4.69) is 4.98 Å². The first-order valence-electron chi connectivity index (χ1n) is 3.34. The van der Waals surface area contributed by atoms with Crippen LogP contribution in [0.1, 0.15) is 10.4 Å². The van der Waals surface area contributed by atoms with Crippen LogP contribution in [0.15, 0.2) is 23.7 Å². The lowest BCUT2D eigenvalue weighted by atomic mass is 10.2. The smallest absolute Gasteiger partial charge is 0.337 e. The Morgan fingerprint density at radius 3 is 3.08 bits per heavy atom. The topological polar surface area (TPSA) is 50.2 Å². The molecule has 4 heteroatoms. The van der Waals surface area contributed by atoms with Crippen LogP contribution >= 0.6 is 11.3 Å². The van der Waals surface area contributed by atoms with Gasteiger partial charge in [0.15, 0.2) is 0 Å². The third-order valence-corrected chi connectivity index (χ3v) is 2.39. The summed E-state index contributed by atoms with van der Waals surface area (Å²) < 4.78 is 0.912. The van der Waals surface area contributed by atoms with Crippen molar-refractivity contribution in [2.24, 2.45) is 0 Å². The largest absolute Gasteiger partial charge is 0.478 e. The van der Waals surface area contributed by atoms with Crippen LogP contribution in [0.5, 0.6) is 0 Å². The molecule has 1 N–H and O–H groups in total. The van der Waals surface area contributed by atoms with Crippen molar-refractivity contribution in [1.29, 1.82) is 0 Å². The molecule has 1 aromatic carbocycles. The van der Waals surface area contributed by atoms with E-state index in [1.54, 1.807) is 17.6 Å². The number of hydrogen-bond acceptors (Lipinski definition) is 3. The number of fused-ring (bicyclic) bond motifs is 1. The average Bonchev–Trinajstić information content (AvgIpc) is 2.49. The average molecular weight is 179 g/mol. The van der Waals surface area contributed by atoms with Crippen LogP contribution in [-0.4, -0.2) is 16.1 Å². The van der Waals surface area contributed by atoms with Crippen molar-refractivity contribution in [3.63, 3.8) is 0 Å². The zero-order chi connectivity index (χ0) is 8.55. The number of carbonyl (C=O) groups is 1. The fourth-order valence-corrected chi connectivity index (χ4v) is 1.76. The maximum atomic E-state index is 10.7. The van der Waals surface area contributed by atoms with E-state index in [1.165, 1.54) is 11.3 Å². The summed E-state index contributed by atoms with van der Waals surface area (Å²) in [5.41, 5.74) is 2.50. The quantitative estimate of drug-likeness (QED) is 0.728. The van der Waals surface area contributed by atoms with Gasteiger partial charge < -0.3 is 5.11 Å². The van der Waals surface area contributed by atoms with Gasteiger partial charge in [-0.1, -0.05) is 6.07 Å². The molecule has 0 amide bonds. The van der Waals surface area contributed by atoms with Crippen LogP contribution in [0.2, 0.25) is 0 Å². The molecular formula is C8H5NO2S. The Balaban J connectivity index is 2.82. The number of hydrogen-bond donors (Lipinski definition) is 1. The van der Waals surface area contributed by atoms with Crippen LogP contribution in [0.25, 0.3) is 10.2 Å². The standard InChI is InChI=1S/C8H5NO2S/c10-8(11)5-2-1-3-6-7(5)9-4-12-6/h1-4H,(H,10,11). The number of benzene rings is 1. The summed E-state index contributed by atoms with van der Waals surface area (Å²) >= 11 is 1.44. The van der Waals surface area contributed by atoms with Crippen LogP contribution in [0, 0.1) is 0 Å². The lowest BCUT2D eigenvalue weighted by Crippen LogP contribution is -1.96. The molecule has 2 rings (SSSR count). The van der Waals surface area contributed by atoms with Crippen molar-refractivity contribution >= 4 is 27.5 Å². The normalized spacial score (nSPS) is 10.3. The molecule has 0 fully saturated rings. The molecular weight excluding hydrogens is 174 g/mol. The maximum absolute atomic E-state index is 10.7. The zero-order valence-corrected chi connectivity index (χ0v) is 6.84. The van der Waals surface area contributed by atoms with Crippen molar-refractivity contribution in [2.45, 2.75) is 0 Å². The zero-order valence-electron chi connectivity index (χ0n) is 6.02. The van der Waals surface area contributed by atoms with Gasteiger partial charge in [-0.25, -0.2) is 9.78 Å². The highest BCUT2D eigenvalue weighted by Gasteiger charge is 2.08. The van der Waals surface area contributed by atoms with E-state index in [0.29, 0.717) is 5.52 Å². The molecule has 3 nitrogen and oxygen atoms in total. The second kappa shape index (κ2) is 2.57. The summed E-state index contributed by atoms with van der Waals surface area (Å²) in [5, 5.41) is 8.77. The molecule has 0 unspecified atom stereocenters. The Morgan fingerprint density at radius 1 is 1.50 bits per heavy atom. The molecule has 0 spiro atoms. The second-order valence-electron chi connectivity index (χ2n) is 2.31. The summed E-state index contributed by atoms with van der Waals surface area (Å²) in [4.78, 5) is 14.7. The van der Waals surface area contributed by atoms with E-state index in [9.17, 15) is 4.79 Å². The molecule has 60 valence electrons. The molecule has 0 aliphatic carbocycles. The van der Waals surface area contributed by atoms with Gasteiger partial charge in [-0.05, 0) is 12.1 Å². The van der Waals surface area contributed by atoms with Crippen molar-refractivity contribution in [3.8, 4) is 0 Å². The lowest BCUT2D eigenvalue weighted by molar-refractivity contribution is 0.0699. The third kappa shape index (κ3) is 0.967. The van der Waals surface area contributed by atoms with E-state index in [-0.39, 0.29) is 5.56 Å².